The van der Waals surface area contributed by atoms with Gasteiger partial charge in [-0.1, -0.05) is 18.9 Å². The van der Waals surface area contributed by atoms with E-state index in [-0.39, 0.29) is 18.4 Å². The molecule has 2 amide bonds. The van der Waals surface area contributed by atoms with E-state index in [4.69, 9.17) is 0 Å². The molecule has 2 fully saturated rings. The molecule has 0 aromatic heterocycles. The molecule has 106 valence electrons. The molecule has 1 saturated heterocycles. The molecule has 1 aromatic carbocycles. The summed E-state index contributed by atoms with van der Waals surface area (Å²) in [6.07, 6.45) is 3.43. The maximum atomic E-state index is 12.9. The summed E-state index contributed by atoms with van der Waals surface area (Å²) in [5.41, 5.74) is 0.0444. The van der Waals surface area contributed by atoms with Crippen molar-refractivity contribution >= 4 is 49.4 Å². The van der Waals surface area contributed by atoms with Crippen LogP contribution < -0.4 is 10.2 Å². The average molecular weight is 402 g/mol. The molecule has 20 heavy (non-hydrogen) atoms. The van der Waals surface area contributed by atoms with E-state index in [2.05, 4.69) is 37.2 Å². The minimum atomic E-state index is -0.690. The van der Waals surface area contributed by atoms with Crippen molar-refractivity contribution in [2.75, 3.05) is 11.4 Å². The van der Waals surface area contributed by atoms with Gasteiger partial charge in [0.15, 0.2) is 0 Å². The van der Waals surface area contributed by atoms with E-state index in [0.717, 1.165) is 40.3 Å². The van der Waals surface area contributed by atoms with Gasteiger partial charge in [-0.05, 0) is 56.8 Å². The van der Waals surface area contributed by atoms with Crippen LogP contribution in [-0.2, 0) is 9.59 Å². The Hall–Kier alpha value is -0.880. The first kappa shape index (κ1) is 14.1. The zero-order chi connectivity index (χ0) is 14.3. The average Bonchev–Trinajstić information content (AvgIpc) is 2.84. The number of carbonyl (C=O) groups excluding carboxylic acids is 2. The van der Waals surface area contributed by atoms with Crippen molar-refractivity contribution < 1.29 is 9.59 Å². The summed E-state index contributed by atoms with van der Waals surface area (Å²) in [4.78, 5) is 26.5. The number of halogens is 2. The van der Waals surface area contributed by atoms with Crippen LogP contribution in [0.1, 0.15) is 25.7 Å². The van der Waals surface area contributed by atoms with Crippen molar-refractivity contribution in [2.24, 2.45) is 0 Å². The molecule has 0 bridgehead atoms. The van der Waals surface area contributed by atoms with Crippen molar-refractivity contribution in [1.29, 1.82) is 0 Å². The van der Waals surface area contributed by atoms with Gasteiger partial charge >= 0.3 is 0 Å². The number of carbonyl (C=O) groups is 2. The fraction of sp³-hybridized carbons (Fsp3) is 0.429. The Labute approximate surface area is 134 Å². The molecule has 3 rings (SSSR count). The molecule has 1 N–H and O–H groups in total. The van der Waals surface area contributed by atoms with Gasteiger partial charge in [-0.3, -0.25) is 14.5 Å². The van der Waals surface area contributed by atoms with Crippen molar-refractivity contribution in [3.8, 4) is 0 Å². The molecular weight excluding hydrogens is 388 g/mol. The Kier molecular flexibility index (Phi) is 3.62. The summed E-state index contributed by atoms with van der Waals surface area (Å²) in [6, 6.07) is 5.64. The minimum absolute atomic E-state index is 0.00204. The highest BCUT2D eigenvalue weighted by Gasteiger charge is 2.49. The van der Waals surface area contributed by atoms with Crippen LogP contribution in [0, 0.1) is 0 Å². The number of rotatable bonds is 1. The maximum absolute atomic E-state index is 12.9. The summed E-state index contributed by atoms with van der Waals surface area (Å²) >= 11 is 6.94. The third kappa shape index (κ3) is 2.19. The van der Waals surface area contributed by atoms with Crippen LogP contribution in [0.15, 0.2) is 27.1 Å². The summed E-state index contributed by atoms with van der Waals surface area (Å²) in [6.45, 7) is 0.0712. The van der Waals surface area contributed by atoms with Gasteiger partial charge in [0.05, 0.1) is 5.69 Å². The largest absolute Gasteiger partial charge is 0.340 e. The fourth-order valence-corrected chi connectivity index (χ4v) is 4.51. The van der Waals surface area contributed by atoms with E-state index < -0.39 is 5.54 Å². The zero-order valence-corrected chi connectivity index (χ0v) is 14.0. The maximum Gasteiger partial charge on any atom is 0.253 e. The number of nitrogens with one attached hydrogen (secondary N) is 1. The van der Waals surface area contributed by atoms with Gasteiger partial charge in [0, 0.05) is 8.95 Å². The minimum Gasteiger partial charge on any atom is -0.340 e. The lowest BCUT2D eigenvalue weighted by Gasteiger charge is -2.40. The smallest absolute Gasteiger partial charge is 0.253 e. The lowest BCUT2D eigenvalue weighted by atomic mass is 9.92. The molecule has 1 spiro atoms. The lowest BCUT2D eigenvalue weighted by Crippen LogP contribution is -2.65. The monoisotopic (exact) mass is 400 g/mol. The van der Waals surface area contributed by atoms with E-state index in [1.807, 2.05) is 18.2 Å². The molecule has 2 aliphatic rings. The van der Waals surface area contributed by atoms with Gasteiger partial charge in [0.25, 0.3) is 5.91 Å². The predicted octanol–water partition coefficient (Wildman–Crippen LogP) is 2.99. The molecule has 1 saturated carbocycles. The van der Waals surface area contributed by atoms with Crippen LogP contribution in [0.4, 0.5) is 5.69 Å². The number of hydrogen-bond acceptors (Lipinski definition) is 2. The van der Waals surface area contributed by atoms with Crippen molar-refractivity contribution in [1.82, 2.24) is 5.32 Å². The Bertz CT molecular complexity index is 562. The molecule has 4 nitrogen and oxygen atoms in total. The summed E-state index contributed by atoms with van der Waals surface area (Å²) in [5, 5.41) is 2.92. The van der Waals surface area contributed by atoms with Crippen molar-refractivity contribution in [2.45, 2.75) is 31.2 Å². The Morgan fingerprint density at radius 3 is 2.30 bits per heavy atom. The van der Waals surface area contributed by atoms with E-state index in [1.54, 1.807) is 4.90 Å². The van der Waals surface area contributed by atoms with Gasteiger partial charge < -0.3 is 5.32 Å². The first-order valence-corrected chi connectivity index (χ1v) is 8.19. The molecular formula is C14H14Br2N2O2. The van der Waals surface area contributed by atoms with Gasteiger partial charge in [0.2, 0.25) is 5.91 Å². The van der Waals surface area contributed by atoms with E-state index >= 15 is 0 Å². The number of anilines is 1. The highest BCUT2D eigenvalue weighted by atomic mass is 79.9. The van der Waals surface area contributed by atoms with E-state index in [0.29, 0.717) is 0 Å². The predicted molar refractivity (Wildman–Crippen MR) is 83.5 cm³/mol. The number of benzene rings is 1. The highest BCUT2D eigenvalue weighted by Crippen LogP contribution is 2.39. The summed E-state index contributed by atoms with van der Waals surface area (Å²) in [7, 11) is 0. The van der Waals surface area contributed by atoms with Gasteiger partial charge in [-0.2, -0.15) is 0 Å². The number of hydrogen-bond donors (Lipinski definition) is 1. The van der Waals surface area contributed by atoms with Crippen LogP contribution in [0.2, 0.25) is 0 Å². The van der Waals surface area contributed by atoms with Crippen LogP contribution in [0.25, 0.3) is 0 Å². The number of para-hydroxylation sites is 1. The highest BCUT2D eigenvalue weighted by molar-refractivity contribution is 9.11. The molecule has 1 aliphatic heterocycles. The quantitative estimate of drug-likeness (QED) is 0.786. The third-order valence-electron chi connectivity index (χ3n) is 4.00. The molecule has 6 heteroatoms. The SMILES string of the molecule is O=C1CN(c2c(Br)cccc2Br)C(=O)C2(CCCC2)N1. The topological polar surface area (TPSA) is 49.4 Å². The van der Waals surface area contributed by atoms with Crippen LogP contribution in [0.5, 0.6) is 0 Å². The third-order valence-corrected chi connectivity index (χ3v) is 5.28. The van der Waals surface area contributed by atoms with Crippen molar-refractivity contribution in [3.63, 3.8) is 0 Å². The molecule has 0 radical (unpaired) electrons. The molecule has 1 aliphatic carbocycles. The second-order valence-electron chi connectivity index (χ2n) is 5.30. The van der Waals surface area contributed by atoms with Crippen LogP contribution >= 0.6 is 31.9 Å². The number of nitrogens with zero attached hydrogens (tertiary/aromatic N) is 1. The van der Waals surface area contributed by atoms with Gasteiger partial charge in [-0.25, -0.2) is 0 Å². The van der Waals surface area contributed by atoms with Gasteiger partial charge in [0.1, 0.15) is 12.1 Å². The standard InChI is InChI=1S/C14H14Br2N2O2/c15-9-4-3-5-10(16)12(9)18-8-11(19)17-14(13(18)20)6-1-2-7-14/h3-5H,1-2,6-8H2,(H,17,19). The number of amides is 2. The first-order valence-electron chi connectivity index (χ1n) is 6.60. The Balaban J connectivity index is 2.04. The number of piperazine rings is 1. The Morgan fingerprint density at radius 2 is 1.70 bits per heavy atom. The summed E-state index contributed by atoms with van der Waals surface area (Å²) in [5.74, 6) is -0.0867. The fourth-order valence-electron chi connectivity index (χ4n) is 3.08. The van der Waals surface area contributed by atoms with Crippen molar-refractivity contribution in [3.05, 3.63) is 27.1 Å². The van der Waals surface area contributed by atoms with E-state index in [9.17, 15) is 9.59 Å². The van der Waals surface area contributed by atoms with Crippen LogP contribution in [0.3, 0.4) is 0 Å². The zero-order valence-electron chi connectivity index (χ0n) is 10.8. The van der Waals surface area contributed by atoms with E-state index in [1.165, 1.54) is 0 Å². The molecule has 0 atom stereocenters. The second-order valence-corrected chi connectivity index (χ2v) is 7.01. The molecule has 0 unspecified atom stereocenters. The lowest BCUT2D eigenvalue weighted by molar-refractivity contribution is -0.135. The van der Waals surface area contributed by atoms with Gasteiger partial charge in [-0.15, -0.1) is 0 Å². The van der Waals surface area contributed by atoms with Crippen LogP contribution in [-0.4, -0.2) is 23.9 Å². The Morgan fingerprint density at radius 1 is 1.10 bits per heavy atom. The first-order chi connectivity index (χ1) is 9.53. The summed E-state index contributed by atoms with van der Waals surface area (Å²) < 4.78 is 1.62. The normalized spacial score (nSPS) is 21.4. The molecule has 1 heterocycles. The second kappa shape index (κ2) is 5.15. The molecule has 1 aromatic rings.